The van der Waals surface area contributed by atoms with E-state index in [9.17, 15) is 13.2 Å². The maximum atomic E-state index is 13.4. The van der Waals surface area contributed by atoms with E-state index >= 15 is 0 Å². The van der Waals surface area contributed by atoms with Crippen LogP contribution < -0.4 is 5.32 Å². The van der Waals surface area contributed by atoms with Crippen molar-refractivity contribution in [2.75, 3.05) is 13.1 Å². The van der Waals surface area contributed by atoms with E-state index in [4.69, 9.17) is 4.52 Å². The molecule has 7 heteroatoms. The number of alkyl halides is 3. The summed E-state index contributed by atoms with van der Waals surface area (Å²) >= 11 is 0. The van der Waals surface area contributed by atoms with Crippen molar-refractivity contribution >= 4 is 0 Å². The predicted molar refractivity (Wildman–Crippen MR) is 65.3 cm³/mol. The second-order valence-corrected chi connectivity index (χ2v) is 5.80. The Morgan fingerprint density at radius 1 is 1.20 bits per heavy atom. The Morgan fingerprint density at radius 2 is 1.95 bits per heavy atom. The van der Waals surface area contributed by atoms with Crippen LogP contribution in [0.3, 0.4) is 0 Å². The van der Waals surface area contributed by atoms with Gasteiger partial charge in [-0.1, -0.05) is 24.4 Å². The summed E-state index contributed by atoms with van der Waals surface area (Å²) in [5.41, 5.74) is -2.01. The molecule has 3 rings (SSSR count). The normalized spacial score (nSPS) is 28.9. The van der Waals surface area contributed by atoms with Crippen LogP contribution in [0.1, 0.15) is 56.2 Å². The van der Waals surface area contributed by atoms with Gasteiger partial charge in [0, 0.05) is 12.5 Å². The molecule has 1 unspecified atom stereocenters. The molecular formula is C13H18F3N3O. The average Bonchev–Trinajstić information content (AvgIpc) is 3.09. The SMILES string of the molecule is FC(F)(F)C1(c2nc(C3CCCCC3)no2)CCNC1. The molecule has 1 atom stereocenters. The lowest BCUT2D eigenvalue weighted by atomic mass is 9.85. The highest BCUT2D eigenvalue weighted by molar-refractivity contribution is 5.15. The summed E-state index contributed by atoms with van der Waals surface area (Å²) < 4.78 is 45.2. The molecule has 0 radical (unpaired) electrons. The molecule has 2 aliphatic rings. The zero-order valence-electron chi connectivity index (χ0n) is 11.2. The van der Waals surface area contributed by atoms with Crippen LogP contribution in [0.2, 0.25) is 0 Å². The van der Waals surface area contributed by atoms with E-state index < -0.39 is 11.6 Å². The topological polar surface area (TPSA) is 51.0 Å². The van der Waals surface area contributed by atoms with Crippen molar-refractivity contribution in [1.82, 2.24) is 15.5 Å². The molecule has 1 saturated carbocycles. The summed E-state index contributed by atoms with van der Waals surface area (Å²) in [6.07, 6.45) is 0.820. The molecule has 1 aliphatic carbocycles. The van der Waals surface area contributed by atoms with Gasteiger partial charge in [0.2, 0.25) is 5.89 Å². The molecule has 1 N–H and O–H groups in total. The second-order valence-electron chi connectivity index (χ2n) is 5.80. The number of nitrogens with zero attached hydrogens (tertiary/aromatic N) is 2. The Bertz CT molecular complexity index is 460. The van der Waals surface area contributed by atoms with E-state index in [-0.39, 0.29) is 24.8 Å². The summed E-state index contributed by atoms with van der Waals surface area (Å²) in [5.74, 6) is 0.340. The summed E-state index contributed by atoms with van der Waals surface area (Å²) in [4.78, 5) is 4.12. The summed E-state index contributed by atoms with van der Waals surface area (Å²) in [6, 6.07) is 0. The first-order valence-electron chi connectivity index (χ1n) is 7.14. The minimum atomic E-state index is -4.37. The number of hydrogen-bond acceptors (Lipinski definition) is 4. The second kappa shape index (κ2) is 5.02. The van der Waals surface area contributed by atoms with Gasteiger partial charge in [-0.15, -0.1) is 0 Å². The fourth-order valence-electron chi connectivity index (χ4n) is 3.19. The van der Waals surface area contributed by atoms with Crippen molar-refractivity contribution in [3.63, 3.8) is 0 Å². The van der Waals surface area contributed by atoms with Crippen LogP contribution in [0.4, 0.5) is 13.2 Å². The standard InChI is InChI=1S/C13H18F3N3O/c14-13(15,16)12(6-7-17-8-12)11-18-10(19-20-11)9-4-2-1-3-5-9/h9,17H,1-8H2. The number of rotatable bonds is 2. The minimum absolute atomic E-state index is 0.0389. The third-order valence-electron chi connectivity index (χ3n) is 4.52. The van der Waals surface area contributed by atoms with Gasteiger partial charge in [-0.2, -0.15) is 18.2 Å². The van der Waals surface area contributed by atoms with Crippen LogP contribution in [0.15, 0.2) is 4.52 Å². The first-order valence-corrected chi connectivity index (χ1v) is 7.14. The van der Waals surface area contributed by atoms with Crippen LogP contribution in [-0.4, -0.2) is 29.4 Å². The Hall–Kier alpha value is -1.11. The van der Waals surface area contributed by atoms with Crippen molar-refractivity contribution in [2.45, 2.75) is 56.0 Å². The van der Waals surface area contributed by atoms with Gasteiger partial charge in [-0.05, 0) is 25.8 Å². The fraction of sp³-hybridized carbons (Fsp3) is 0.846. The van der Waals surface area contributed by atoms with E-state index in [0.717, 1.165) is 25.7 Å². The molecule has 1 saturated heterocycles. The van der Waals surface area contributed by atoms with E-state index in [0.29, 0.717) is 12.4 Å². The Kier molecular flexibility index (Phi) is 3.48. The van der Waals surface area contributed by atoms with Crippen LogP contribution in [0, 0.1) is 0 Å². The van der Waals surface area contributed by atoms with Crippen LogP contribution in [0.25, 0.3) is 0 Å². The molecule has 4 nitrogen and oxygen atoms in total. The molecule has 20 heavy (non-hydrogen) atoms. The zero-order valence-corrected chi connectivity index (χ0v) is 11.2. The highest BCUT2D eigenvalue weighted by Gasteiger charge is 2.61. The first-order chi connectivity index (χ1) is 9.53. The van der Waals surface area contributed by atoms with Crippen LogP contribution in [-0.2, 0) is 5.41 Å². The number of hydrogen-bond donors (Lipinski definition) is 1. The van der Waals surface area contributed by atoms with Gasteiger partial charge in [-0.25, -0.2) is 0 Å². The molecule has 0 aromatic carbocycles. The zero-order chi connectivity index (χ0) is 14.2. The third kappa shape index (κ3) is 2.21. The van der Waals surface area contributed by atoms with Crippen molar-refractivity contribution in [3.05, 3.63) is 11.7 Å². The highest BCUT2D eigenvalue weighted by atomic mass is 19.4. The quantitative estimate of drug-likeness (QED) is 0.909. The van der Waals surface area contributed by atoms with Crippen molar-refractivity contribution in [3.8, 4) is 0 Å². The van der Waals surface area contributed by atoms with Gasteiger partial charge in [0.25, 0.3) is 0 Å². The van der Waals surface area contributed by atoms with E-state index in [1.54, 1.807) is 0 Å². The monoisotopic (exact) mass is 289 g/mol. The molecule has 1 aromatic heterocycles. The van der Waals surface area contributed by atoms with Crippen molar-refractivity contribution in [2.24, 2.45) is 0 Å². The first kappa shape index (κ1) is 13.9. The number of halogens is 3. The number of nitrogens with one attached hydrogen (secondary N) is 1. The molecule has 1 aromatic rings. The lowest BCUT2D eigenvalue weighted by Crippen LogP contribution is -2.44. The molecule has 0 spiro atoms. The van der Waals surface area contributed by atoms with E-state index in [2.05, 4.69) is 15.5 Å². The maximum Gasteiger partial charge on any atom is 0.404 e. The van der Waals surface area contributed by atoms with Gasteiger partial charge < -0.3 is 9.84 Å². The number of aromatic nitrogens is 2. The molecule has 0 bridgehead atoms. The maximum absolute atomic E-state index is 13.4. The largest absolute Gasteiger partial charge is 0.404 e. The molecule has 2 heterocycles. The van der Waals surface area contributed by atoms with Crippen molar-refractivity contribution in [1.29, 1.82) is 0 Å². The molecule has 0 amide bonds. The van der Waals surface area contributed by atoms with E-state index in [1.165, 1.54) is 6.42 Å². The highest BCUT2D eigenvalue weighted by Crippen LogP contribution is 2.45. The van der Waals surface area contributed by atoms with Gasteiger partial charge in [0.05, 0.1) is 0 Å². The summed E-state index contributed by atoms with van der Waals surface area (Å²) in [7, 11) is 0. The minimum Gasteiger partial charge on any atom is -0.338 e. The lowest BCUT2D eigenvalue weighted by Gasteiger charge is -2.26. The third-order valence-corrected chi connectivity index (χ3v) is 4.52. The molecule has 112 valence electrons. The smallest absolute Gasteiger partial charge is 0.338 e. The van der Waals surface area contributed by atoms with Crippen LogP contribution in [0.5, 0.6) is 0 Å². The van der Waals surface area contributed by atoms with Gasteiger partial charge in [0.15, 0.2) is 11.2 Å². The lowest BCUT2D eigenvalue weighted by molar-refractivity contribution is -0.191. The fourth-order valence-corrected chi connectivity index (χ4v) is 3.19. The molecular weight excluding hydrogens is 271 g/mol. The van der Waals surface area contributed by atoms with Gasteiger partial charge in [0.1, 0.15) is 0 Å². The predicted octanol–water partition coefficient (Wildman–Crippen LogP) is 2.91. The molecule has 2 fully saturated rings. The summed E-state index contributed by atoms with van der Waals surface area (Å²) in [5, 5.41) is 6.59. The Morgan fingerprint density at radius 3 is 2.55 bits per heavy atom. The molecule has 1 aliphatic heterocycles. The Balaban J connectivity index is 1.87. The van der Waals surface area contributed by atoms with E-state index in [1.807, 2.05) is 0 Å². The Labute approximate surface area is 115 Å². The van der Waals surface area contributed by atoms with Gasteiger partial charge in [-0.3, -0.25) is 0 Å². The van der Waals surface area contributed by atoms with Crippen molar-refractivity contribution < 1.29 is 17.7 Å². The average molecular weight is 289 g/mol. The van der Waals surface area contributed by atoms with Gasteiger partial charge >= 0.3 is 6.18 Å². The summed E-state index contributed by atoms with van der Waals surface area (Å²) in [6.45, 7) is 0.142. The van der Waals surface area contributed by atoms with Crippen LogP contribution >= 0.6 is 0 Å².